The molecule has 30 heavy (non-hydrogen) atoms. The van der Waals surface area contributed by atoms with Crippen molar-refractivity contribution in [1.82, 2.24) is 0 Å². The molecule has 9 nitrogen and oxygen atoms in total. The zero-order chi connectivity index (χ0) is 21.5. The van der Waals surface area contributed by atoms with Gasteiger partial charge in [-0.3, -0.25) is 4.79 Å². The fourth-order valence-corrected chi connectivity index (χ4v) is 2.85. The number of ether oxygens (including phenoxy) is 6. The van der Waals surface area contributed by atoms with Gasteiger partial charge in [-0.05, 0) is 24.3 Å². The minimum absolute atomic E-state index is 0.160. The third kappa shape index (κ3) is 4.86. The van der Waals surface area contributed by atoms with E-state index in [0.29, 0.717) is 47.6 Å². The molecule has 0 aromatic heterocycles. The largest absolute Gasteiger partial charge is 0.493 e. The summed E-state index contributed by atoms with van der Waals surface area (Å²) in [5, 5.41) is 2.66. The van der Waals surface area contributed by atoms with E-state index in [-0.39, 0.29) is 5.56 Å². The van der Waals surface area contributed by atoms with Crippen molar-refractivity contribution in [3.63, 3.8) is 0 Å². The smallest absolute Gasteiger partial charge is 0.338 e. The summed E-state index contributed by atoms with van der Waals surface area (Å²) in [5.41, 5.74) is 0.668. The fraction of sp³-hybridized carbons (Fsp3) is 0.333. The van der Waals surface area contributed by atoms with E-state index < -0.39 is 18.5 Å². The van der Waals surface area contributed by atoms with Crippen molar-refractivity contribution >= 4 is 17.6 Å². The van der Waals surface area contributed by atoms with E-state index in [1.807, 2.05) is 0 Å². The van der Waals surface area contributed by atoms with Gasteiger partial charge >= 0.3 is 5.97 Å². The third-order valence-corrected chi connectivity index (χ3v) is 4.27. The summed E-state index contributed by atoms with van der Waals surface area (Å²) in [6.45, 7) is 0.649. The predicted octanol–water partition coefficient (Wildman–Crippen LogP) is 2.67. The van der Waals surface area contributed by atoms with E-state index in [1.165, 1.54) is 33.5 Å². The molecule has 0 unspecified atom stereocenters. The highest BCUT2D eigenvalue weighted by atomic mass is 16.5. The Morgan fingerprint density at radius 2 is 1.60 bits per heavy atom. The van der Waals surface area contributed by atoms with Crippen molar-refractivity contribution in [2.45, 2.75) is 6.42 Å². The summed E-state index contributed by atoms with van der Waals surface area (Å²) in [6.07, 6.45) is 0.785. The molecule has 0 saturated heterocycles. The van der Waals surface area contributed by atoms with E-state index in [4.69, 9.17) is 28.4 Å². The van der Waals surface area contributed by atoms with Crippen LogP contribution in [0.1, 0.15) is 16.8 Å². The number of methoxy groups -OCH3 is 3. The van der Waals surface area contributed by atoms with Crippen molar-refractivity contribution in [2.75, 3.05) is 46.5 Å². The van der Waals surface area contributed by atoms with Gasteiger partial charge < -0.3 is 33.7 Å². The first-order valence-corrected chi connectivity index (χ1v) is 9.22. The van der Waals surface area contributed by atoms with Crippen LogP contribution in [0, 0.1) is 0 Å². The monoisotopic (exact) mass is 417 g/mol. The Labute approximate surface area is 173 Å². The summed E-state index contributed by atoms with van der Waals surface area (Å²) in [7, 11) is 4.34. The summed E-state index contributed by atoms with van der Waals surface area (Å²) < 4.78 is 31.9. The molecular weight excluding hydrogens is 394 g/mol. The number of nitrogens with one attached hydrogen (secondary N) is 1. The minimum Gasteiger partial charge on any atom is -0.493 e. The molecule has 0 saturated carbocycles. The Bertz CT molecular complexity index is 902. The average Bonchev–Trinajstić information content (AvgIpc) is 3.01. The Morgan fingerprint density at radius 1 is 0.933 bits per heavy atom. The van der Waals surface area contributed by atoms with Crippen molar-refractivity contribution in [3.05, 3.63) is 35.9 Å². The molecule has 160 valence electrons. The maximum Gasteiger partial charge on any atom is 0.338 e. The number of hydrogen-bond donors (Lipinski definition) is 1. The second-order valence-electron chi connectivity index (χ2n) is 6.25. The molecule has 1 N–H and O–H groups in total. The Hall–Kier alpha value is -3.62. The molecule has 1 amide bonds. The molecule has 1 aliphatic heterocycles. The van der Waals surface area contributed by atoms with Gasteiger partial charge in [-0.15, -0.1) is 0 Å². The van der Waals surface area contributed by atoms with Crippen LogP contribution in [-0.4, -0.2) is 53.0 Å². The first-order valence-electron chi connectivity index (χ1n) is 9.22. The maximum atomic E-state index is 12.4. The number of benzene rings is 2. The molecule has 1 aliphatic rings. The van der Waals surface area contributed by atoms with E-state index in [0.717, 1.165) is 6.42 Å². The number of hydrogen-bond acceptors (Lipinski definition) is 8. The van der Waals surface area contributed by atoms with E-state index in [1.54, 1.807) is 18.2 Å². The van der Waals surface area contributed by atoms with Crippen LogP contribution in [0.15, 0.2) is 30.3 Å². The highest BCUT2D eigenvalue weighted by Gasteiger charge is 2.19. The zero-order valence-electron chi connectivity index (χ0n) is 17.0. The molecule has 0 aliphatic carbocycles. The molecule has 0 radical (unpaired) electrons. The zero-order valence-corrected chi connectivity index (χ0v) is 17.0. The van der Waals surface area contributed by atoms with Crippen molar-refractivity contribution in [2.24, 2.45) is 0 Å². The van der Waals surface area contributed by atoms with Crippen molar-refractivity contribution in [1.29, 1.82) is 0 Å². The number of amides is 1. The van der Waals surface area contributed by atoms with Crippen LogP contribution in [0.4, 0.5) is 5.69 Å². The standard InChI is InChI=1S/C21H23NO8/c1-25-17-9-13(10-18(26-2)20(17)27-3)21(24)30-12-19(23)22-14-5-6-15-16(11-14)29-8-4-7-28-15/h5-6,9-11H,4,7-8,12H2,1-3H3,(H,22,23). The van der Waals surface area contributed by atoms with Gasteiger partial charge in [-0.2, -0.15) is 0 Å². The number of carbonyl (C=O) groups is 2. The molecule has 2 aromatic rings. The lowest BCUT2D eigenvalue weighted by Gasteiger charge is -2.14. The molecule has 1 heterocycles. The number of rotatable bonds is 7. The van der Waals surface area contributed by atoms with Crippen LogP contribution < -0.4 is 29.0 Å². The van der Waals surface area contributed by atoms with Crippen LogP contribution in [0.25, 0.3) is 0 Å². The SMILES string of the molecule is COc1cc(C(=O)OCC(=O)Nc2ccc3c(c2)OCCCO3)cc(OC)c1OC. The Morgan fingerprint density at radius 3 is 2.23 bits per heavy atom. The van der Waals surface area contributed by atoms with Gasteiger partial charge in [0.25, 0.3) is 5.91 Å². The molecule has 9 heteroatoms. The van der Waals surface area contributed by atoms with Gasteiger partial charge in [-0.25, -0.2) is 4.79 Å². The lowest BCUT2D eigenvalue weighted by atomic mass is 10.2. The van der Waals surface area contributed by atoms with Gasteiger partial charge in [0.2, 0.25) is 5.75 Å². The summed E-state index contributed by atoms with van der Waals surface area (Å²) in [4.78, 5) is 24.6. The summed E-state index contributed by atoms with van der Waals surface area (Å²) in [5.74, 6) is 0.942. The molecule has 0 bridgehead atoms. The predicted molar refractivity (Wildman–Crippen MR) is 107 cm³/mol. The van der Waals surface area contributed by atoms with Crippen LogP contribution in [-0.2, 0) is 9.53 Å². The van der Waals surface area contributed by atoms with Gasteiger partial charge in [0, 0.05) is 18.2 Å². The molecule has 0 spiro atoms. The number of carbonyl (C=O) groups excluding carboxylic acids is 2. The van der Waals surface area contributed by atoms with Crippen LogP contribution in [0.5, 0.6) is 28.7 Å². The van der Waals surface area contributed by atoms with Crippen molar-refractivity contribution in [3.8, 4) is 28.7 Å². The van der Waals surface area contributed by atoms with E-state index in [9.17, 15) is 9.59 Å². The molecule has 3 rings (SSSR count). The van der Waals surface area contributed by atoms with E-state index in [2.05, 4.69) is 5.32 Å². The maximum absolute atomic E-state index is 12.4. The number of fused-ring (bicyclic) bond motifs is 1. The molecule has 0 fully saturated rings. The van der Waals surface area contributed by atoms with Crippen LogP contribution >= 0.6 is 0 Å². The normalized spacial score (nSPS) is 12.4. The minimum atomic E-state index is -0.705. The highest BCUT2D eigenvalue weighted by molar-refractivity contribution is 5.96. The first kappa shape index (κ1) is 21.1. The van der Waals surface area contributed by atoms with Gasteiger partial charge in [-0.1, -0.05) is 0 Å². The summed E-state index contributed by atoms with van der Waals surface area (Å²) in [6, 6.07) is 7.97. The van der Waals surface area contributed by atoms with Gasteiger partial charge in [0.1, 0.15) is 0 Å². The Balaban J connectivity index is 1.62. The summed E-state index contributed by atoms with van der Waals surface area (Å²) >= 11 is 0. The first-order chi connectivity index (χ1) is 14.5. The molecular formula is C21H23NO8. The van der Waals surface area contributed by atoms with E-state index >= 15 is 0 Å². The van der Waals surface area contributed by atoms with Crippen LogP contribution in [0.2, 0.25) is 0 Å². The quantitative estimate of drug-likeness (QED) is 0.686. The topological polar surface area (TPSA) is 102 Å². The van der Waals surface area contributed by atoms with Gasteiger partial charge in [0.15, 0.2) is 29.6 Å². The lowest BCUT2D eigenvalue weighted by molar-refractivity contribution is -0.119. The third-order valence-electron chi connectivity index (χ3n) is 4.27. The number of anilines is 1. The molecule has 0 atom stereocenters. The average molecular weight is 417 g/mol. The van der Waals surface area contributed by atoms with Gasteiger partial charge in [0.05, 0.1) is 40.1 Å². The second-order valence-corrected chi connectivity index (χ2v) is 6.25. The molecule has 2 aromatic carbocycles. The van der Waals surface area contributed by atoms with Crippen LogP contribution in [0.3, 0.4) is 0 Å². The second kappa shape index (κ2) is 9.73. The lowest BCUT2D eigenvalue weighted by Crippen LogP contribution is -2.21. The Kier molecular flexibility index (Phi) is 6.84. The fourth-order valence-electron chi connectivity index (χ4n) is 2.85. The highest BCUT2D eigenvalue weighted by Crippen LogP contribution is 2.38. The van der Waals surface area contributed by atoms with Crippen molar-refractivity contribution < 1.29 is 38.0 Å². The number of esters is 1.